The zero-order chi connectivity index (χ0) is 15.1. The first kappa shape index (κ1) is 14.0. The van der Waals surface area contributed by atoms with Gasteiger partial charge >= 0.3 is 0 Å². The maximum atomic E-state index is 2.55. The molecule has 0 N–H and O–H groups in total. The topological polar surface area (TPSA) is 0 Å². The molecule has 0 fully saturated rings. The summed E-state index contributed by atoms with van der Waals surface area (Å²) in [6.45, 7) is 2.25. The minimum absolute atomic E-state index is 0.576. The average molecular weight is 396 g/mol. The van der Waals surface area contributed by atoms with Crippen LogP contribution in [-0.4, -0.2) is 0 Å². The van der Waals surface area contributed by atoms with Crippen molar-refractivity contribution in [3.8, 4) is 0 Å². The SMILES string of the molecule is CCC(I)c1ccc2c3ccccc3c3ccccc3c2c1. The second-order valence-electron chi connectivity index (χ2n) is 5.77. The Morgan fingerprint density at radius 2 is 1.14 bits per heavy atom. The van der Waals surface area contributed by atoms with Crippen molar-refractivity contribution in [3.63, 3.8) is 0 Å². The number of hydrogen-bond donors (Lipinski definition) is 0. The lowest BCUT2D eigenvalue weighted by atomic mass is 9.93. The van der Waals surface area contributed by atoms with Crippen molar-refractivity contribution in [1.29, 1.82) is 0 Å². The fourth-order valence-electron chi connectivity index (χ4n) is 3.36. The predicted octanol–water partition coefficient (Wildman–Crippen LogP) is 7.03. The van der Waals surface area contributed by atoms with Gasteiger partial charge in [0.25, 0.3) is 0 Å². The third-order valence-corrected chi connectivity index (χ3v) is 6.09. The summed E-state index contributed by atoms with van der Waals surface area (Å²) in [5.41, 5.74) is 1.43. The first-order valence-corrected chi connectivity index (χ1v) is 9.01. The van der Waals surface area contributed by atoms with Crippen molar-refractivity contribution in [2.75, 3.05) is 0 Å². The van der Waals surface area contributed by atoms with Gasteiger partial charge in [-0.15, -0.1) is 0 Å². The molecule has 108 valence electrons. The van der Waals surface area contributed by atoms with E-state index in [1.807, 2.05) is 0 Å². The Morgan fingerprint density at radius 1 is 0.682 bits per heavy atom. The minimum atomic E-state index is 0.576. The fraction of sp³-hybridized carbons (Fsp3) is 0.143. The molecule has 0 aliphatic carbocycles. The van der Waals surface area contributed by atoms with E-state index in [1.165, 1.54) is 37.9 Å². The maximum absolute atomic E-state index is 2.55. The largest absolute Gasteiger partial charge is 0.0774 e. The van der Waals surface area contributed by atoms with Crippen LogP contribution in [0.3, 0.4) is 0 Å². The summed E-state index contributed by atoms with van der Waals surface area (Å²) in [7, 11) is 0. The van der Waals surface area contributed by atoms with E-state index in [1.54, 1.807) is 0 Å². The Labute approximate surface area is 144 Å². The molecule has 0 nitrogen and oxygen atoms in total. The molecule has 22 heavy (non-hydrogen) atoms. The molecule has 4 aromatic carbocycles. The molecule has 1 heteroatoms. The summed E-state index contributed by atoms with van der Waals surface area (Å²) in [5.74, 6) is 0. The van der Waals surface area contributed by atoms with E-state index in [0.29, 0.717) is 3.92 Å². The second kappa shape index (κ2) is 5.54. The van der Waals surface area contributed by atoms with Crippen molar-refractivity contribution in [3.05, 3.63) is 72.3 Å². The lowest BCUT2D eigenvalue weighted by Crippen LogP contribution is -1.89. The molecule has 4 rings (SSSR count). The highest BCUT2D eigenvalue weighted by Gasteiger charge is 2.10. The van der Waals surface area contributed by atoms with E-state index in [-0.39, 0.29) is 0 Å². The van der Waals surface area contributed by atoms with E-state index < -0.39 is 0 Å². The van der Waals surface area contributed by atoms with Gasteiger partial charge in [-0.2, -0.15) is 0 Å². The van der Waals surface area contributed by atoms with Gasteiger partial charge in [0.2, 0.25) is 0 Å². The van der Waals surface area contributed by atoms with Crippen LogP contribution in [0.2, 0.25) is 0 Å². The molecular weight excluding hydrogens is 379 g/mol. The molecular formula is C21H17I. The van der Waals surface area contributed by atoms with Gasteiger partial charge in [0, 0.05) is 3.92 Å². The summed E-state index contributed by atoms with van der Waals surface area (Å²) in [5, 5.41) is 8.14. The third-order valence-electron chi connectivity index (χ3n) is 4.49. The summed E-state index contributed by atoms with van der Waals surface area (Å²) >= 11 is 2.55. The highest BCUT2D eigenvalue weighted by atomic mass is 127. The van der Waals surface area contributed by atoms with Gasteiger partial charge in [0.15, 0.2) is 0 Å². The molecule has 0 aromatic heterocycles. The number of hydrogen-bond acceptors (Lipinski definition) is 0. The van der Waals surface area contributed by atoms with Crippen LogP contribution in [0.25, 0.3) is 32.3 Å². The molecule has 1 unspecified atom stereocenters. The van der Waals surface area contributed by atoms with Gasteiger partial charge in [0.05, 0.1) is 0 Å². The van der Waals surface area contributed by atoms with Crippen molar-refractivity contribution in [2.45, 2.75) is 17.3 Å². The van der Waals surface area contributed by atoms with Gasteiger partial charge < -0.3 is 0 Å². The highest BCUT2D eigenvalue weighted by Crippen LogP contribution is 2.37. The Hall–Kier alpha value is -1.61. The zero-order valence-electron chi connectivity index (χ0n) is 12.5. The van der Waals surface area contributed by atoms with Crippen molar-refractivity contribution >= 4 is 54.9 Å². The number of rotatable bonds is 2. The highest BCUT2D eigenvalue weighted by molar-refractivity contribution is 14.1. The standard InChI is InChI=1S/C21H17I/c1-2-21(22)14-11-12-19-17-9-4-3-7-15(17)16-8-5-6-10-18(16)20(19)13-14/h3-13,21H,2H2,1H3. The van der Waals surface area contributed by atoms with Crippen molar-refractivity contribution in [1.82, 2.24) is 0 Å². The zero-order valence-corrected chi connectivity index (χ0v) is 14.7. The Balaban J connectivity index is 2.22. The lowest BCUT2D eigenvalue weighted by molar-refractivity contribution is 0.930. The monoisotopic (exact) mass is 396 g/mol. The number of benzene rings is 4. The van der Waals surface area contributed by atoms with Crippen LogP contribution in [0, 0.1) is 0 Å². The molecule has 0 amide bonds. The predicted molar refractivity (Wildman–Crippen MR) is 106 cm³/mol. The quantitative estimate of drug-likeness (QED) is 0.194. The fourth-order valence-corrected chi connectivity index (χ4v) is 3.74. The maximum Gasteiger partial charge on any atom is 0.0357 e. The molecule has 0 saturated carbocycles. The molecule has 0 spiro atoms. The van der Waals surface area contributed by atoms with Crippen LogP contribution >= 0.6 is 22.6 Å². The van der Waals surface area contributed by atoms with Crippen LogP contribution < -0.4 is 0 Å². The second-order valence-corrected chi connectivity index (χ2v) is 7.28. The first-order valence-electron chi connectivity index (χ1n) is 7.76. The normalized spacial score (nSPS) is 13.0. The number of halogens is 1. The summed E-state index contributed by atoms with van der Waals surface area (Å²) in [6.07, 6.45) is 1.16. The Morgan fingerprint density at radius 3 is 1.64 bits per heavy atom. The van der Waals surface area contributed by atoms with Crippen LogP contribution in [0.1, 0.15) is 22.8 Å². The third kappa shape index (κ3) is 2.11. The summed E-state index contributed by atoms with van der Waals surface area (Å²) in [4.78, 5) is 0. The van der Waals surface area contributed by atoms with E-state index in [4.69, 9.17) is 0 Å². The van der Waals surface area contributed by atoms with E-state index in [9.17, 15) is 0 Å². The van der Waals surface area contributed by atoms with Crippen molar-refractivity contribution < 1.29 is 0 Å². The molecule has 0 aliphatic heterocycles. The smallest absolute Gasteiger partial charge is 0.0357 e. The van der Waals surface area contributed by atoms with E-state index >= 15 is 0 Å². The van der Waals surface area contributed by atoms with E-state index in [2.05, 4.69) is 96.2 Å². The number of alkyl halides is 1. The van der Waals surface area contributed by atoms with Crippen molar-refractivity contribution in [2.24, 2.45) is 0 Å². The van der Waals surface area contributed by atoms with Crippen LogP contribution in [0.15, 0.2) is 66.7 Å². The molecule has 0 heterocycles. The van der Waals surface area contributed by atoms with Crippen LogP contribution in [-0.2, 0) is 0 Å². The molecule has 0 bridgehead atoms. The Kier molecular flexibility index (Phi) is 3.53. The summed E-state index contributed by atoms with van der Waals surface area (Å²) in [6, 6.07) is 24.5. The summed E-state index contributed by atoms with van der Waals surface area (Å²) < 4.78 is 0.576. The minimum Gasteiger partial charge on any atom is -0.0774 e. The lowest BCUT2D eigenvalue weighted by Gasteiger charge is -2.13. The van der Waals surface area contributed by atoms with E-state index in [0.717, 1.165) is 6.42 Å². The van der Waals surface area contributed by atoms with Gasteiger partial charge in [0.1, 0.15) is 0 Å². The van der Waals surface area contributed by atoms with Crippen LogP contribution in [0.4, 0.5) is 0 Å². The van der Waals surface area contributed by atoms with Crippen LogP contribution in [0.5, 0.6) is 0 Å². The molecule has 0 radical (unpaired) electrons. The molecule has 0 aliphatic rings. The Bertz CT molecular complexity index is 950. The van der Waals surface area contributed by atoms with Gasteiger partial charge in [-0.05, 0) is 50.4 Å². The molecule has 1 atom stereocenters. The molecule has 4 aromatic rings. The number of fused-ring (bicyclic) bond motifs is 6. The molecule has 0 saturated heterocycles. The average Bonchev–Trinajstić information content (AvgIpc) is 2.61. The van der Waals surface area contributed by atoms with Gasteiger partial charge in [-0.1, -0.05) is 90.2 Å². The first-order chi connectivity index (χ1) is 10.8. The van der Waals surface area contributed by atoms with Gasteiger partial charge in [-0.3, -0.25) is 0 Å². The van der Waals surface area contributed by atoms with Gasteiger partial charge in [-0.25, -0.2) is 0 Å².